The standard InChI is InChI=1S/C19H24N4O2/c1-3-12-20-18(24)13(2)21-19(25)17-15-10-7-11-16(15)23(22-17)14-8-5-4-6-9-14/h4-6,8-9,13H,3,7,10-12H2,1-2H3,(H,20,24)(H,21,25). The number of hydrogen-bond acceptors (Lipinski definition) is 3. The van der Waals surface area contributed by atoms with Crippen LogP contribution in [-0.2, 0) is 17.6 Å². The Kier molecular flexibility index (Phi) is 5.16. The van der Waals surface area contributed by atoms with Crippen LogP contribution < -0.4 is 10.6 Å². The molecular formula is C19H24N4O2. The highest BCUT2D eigenvalue weighted by Crippen LogP contribution is 2.27. The predicted molar refractivity (Wildman–Crippen MR) is 95.8 cm³/mol. The van der Waals surface area contributed by atoms with Gasteiger partial charge in [-0.3, -0.25) is 9.59 Å². The molecule has 0 saturated heterocycles. The summed E-state index contributed by atoms with van der Waals surface area (Å²) >= 11 is 0. The lowest BCUT2D eigenvalue weighted by Gasteiger charge is -2.13. The van der Waals surface area contributed by atoms with Gasteiger partial charge in [0, 0.05) is 17.8 Å². The molecule has 25 heavy (non-hydrogen) atoms. The Morgan fingerprint density at radius 2 is 2.00 bits per heavy atom. The summed E-state index contributed by atoms with van der Waals surface area (Å²) in [6, 6.07) is 9.24. The molecule has 2 amide bonds. The largest absolute Gasteiger partial charge is 0.354 e. The summed E-state index contributed by atoms with van der Waals surface area (Å²) in [5.41, 5.74) is 3.49. The van der Waals surface area contributed by atoms with Gasteiger partial charge < -0.3 is 10.6 Å². The second-order valence-electron chi connectivity index (χ2n) is 6.36. The molecule has 6 nitrogen and oxygen atoms in total. The lowest BCUT2D eigenvalue weighted by atomic mass is 10.2. The summed E-state index contributed by atoms with van der Waals surface area (Å²) in [7, 11) is 0. The quantitative estimate of drug-likeness (QED) is 0.844. The van der Waals surface area contributed by atoms with Crippen molar-refractivity contribution in [3.8, 4) is 5.69 Å². The fraction of sp³-hybridized carbons (Fsp3) is 0.421. The Labute approximate surface area is 147 Å². The van der Waals surface area contributed by atoms with E-state index in [1.165, 1.54) is 0 Å². The van der Waals surface area contributed by atoms with E-state index >= 15 is 0 Å². The number of carbonyl (C=O) groups is 2. The minimum absolute atomic E-state index is 0.172. The zero-order valence-electron chi connectivity index (χ0n) is 14.7. The van der Waals surface area contributed by atoms with E-state index in [0.717, 1.165) is 42.6 Å². The Hall–Kier alpha value is -2.63. The normalized spacial score (nSPS) is 14.0. The van der Waals surface area contributed by atoms with Gasteiger partial charge in [0.1, 0.15) is 6.04 Å². The van der Waals surface area contributed by atoms with Crippen LogP contribution in [0.15, 0.2) is 30.3 Å². The molecule has 1 heterocycles. The Balaban J connectivity index is 1.81. The number of aromatic nitrogens is 2. The molecule has 0 aliphatic heterocycles. The molecule has 1 aromatic heterocycles. The molecule has 1 unspecified atom stereocenters. The number of amides is 2. The monoisotopic (exact) mass is 340 g/mol. The van der Waals surface area contributed by atoms with Crippen LogP contribution in [-0.4, -0.2) is 34.2 Å². The molecule has 3 rings (SSSR count). The summed E-state index contributed by atoms with van der Waals surface area (Å²) in [4.78, 5) is 24.6. The first kappa shape index (κ1) is 17.2. The molecule has 2 N–H and O–H groups in total. The van der Waals surface area contributed by atoms with E-state index in [1.807, 2.05) is 41.9 Å². The predicted octanol–water partition coefficient (Wildman–Crippen LogP) is 2.01. The van der Waals surface area contributed by atoms with E-state index in [4.69, 9.17) is 0 Å². The van der Waals surface area contributed by atoms with E-state index < -0.39 is 6.04 Å². The smallest absolute Gasteiger partial charge is 0.272 e. The van der Waals surface area contributed by atoms with Crippen LogP contribution in [0.4, 0.5) is 0 Å². The summed E-state index contributed by atoms with van der Waals surface area (Å²) in [5.74, 6) is -0.457. The van der Waals surface area contributed by atoms with Crippen molar-refractivity contribution >= 4 is 11.8 Å². The molecule has 6 heteroatoms. The molecule has 0 fully saturated rings. The maximum absolute atomic E-state index is 12.7. The van der Waals surface area contributed by atoms with Crippen molar-refractivity contribution in [3.63, 3.8) is 0 Å². The SMILES string of the molecule is CCCNC(=O)C(C)NC(=O)c1nn(-c2ccccc2)c2c1CCC2. The summed E-state index contributed by atoms with van der Waals surface area (Å²) in [5, 5.41) is 10.1. The van der Waals surface area contributed by atoms with Gasteiger partial charge in [-0.25, -0.2) is 4.68 Å². The zero-order chi connectivity index (χ0) is 17.8. The number of para-hydroxylation sites is 1. The molecule has 1 aromatic carbocycles. The molecule has 1 aliphatic rings. The molecule has 0 radical (unpaired) electrons. The van der Waals surface area contributed by atoms with Crippen LogP contribution in [0.2, 0.25) is 0 Å². The Morgan fingerprint density at radius 1 is 1.24 bits per heavy atom. The van der Waals surface area contributed by atoms with E-state index in [2.05, 4.69) is 15.7 Å². The van der Waals surface area contributed by atoms with Crippen molar-refractivity contribution in [2.75, 3.05) is 6.54 Å². The number of fused-ring (bicyclic) bond motifs is 1. The molecule has 0 bridgehead atoms. The summed E-state index contributed by atoms with van der Waals surface area (Å²) in [6.45, 7) is 4.29. The number of rotatable bonds is 6. The molecule has 2 aromatic rings. The Bertz CT molecular complexity index is 767. The van der Waals surface area contributed by atoms with Gasteiger partial charge in [-0.2, -0.15) is 5.10 Å². The van der Waals surface area contributed by atoms with E-state index in [1.54, 1.807) is 6.92 Å². The molecular weight excluding hydrogens is 316 g/mol. The summed E-state index contributed by atoms with van der Waals surface area (Å²) < 4.78 is 1.86. The third kappa shape index (κ3) is 3.57. The number of nitrogens with one attached hydrogen (secondary N) is 2. The van der Waals surface area contributed by atoms with Crippen LogP contribution >= 0.6 is 0 Å². The minimum Gasteiger partial charge on any atom is -0.354 e. The second kappa shape index (κ2) is 7.51. The van der Waals surface area contributed by atoms with Crippen LogP contribution in [0.5, 0.6) is 0 Å². The van der Waals surface area contributed by atoms with Crippen LogP contribution in [0.25, 0.3) is 5.69 Å². The van der Waals surface area contributed by atoms with Gasteiger partial charge in [-0.05, 0) is 44.7 Å². The van der Waals surface area contributed by atoms with Crippen molar-refractivity contribution in [1.29, 1.82) is 0 Å². The van der Waals surface area contributed by atoms with Crippen LogP contribution in [0.1, 0.15) is 48.4 Å². The fourth-order valence-corrected chi connectivity index (χ4v) is 3.13. The molecule has 0 saturated carbocycles. The van der Waals surface area contributed by atoms with E-state index in [0.29, 0.717) is 12.2 Å². The zero-order valence-corrected chi connectivity index (χ0v) is 14.7. The van der Waals surface area contributed by atoms with Gasteiger partial charge in [0.25, 0.3) is 5.91 Å². The maximum atomic E-state index is 12.7. The number of nitrogens with zero attached hydrogens (tertiary/aromatic N) is 2. The van der Waals surface area contributed by atoms with Gasteiger partial charge in [-0.15, -0.1) is 0 Å². The van der Waals surface area contributed by atoms with Crippen molar-refractivity contribution in [2.24, 2.45) is 0 Å². The summed E-state index contributed by atoms with van der Waals surface area (Å²) in [6.07, 6.45) is 3.65. The van der Waals surface area contributed by atoms with Crippen molar-refractivity contribution < 1.29 is 9.59 Å². The molecule has 132 valence electrons. The van der Waals surface area contributed by atoms with Gasteiger partial charge in [0.2, 0.25) is 5.91 Å². The van der Waals surface area contributed by atoms with Crippen molar-refractivity contribution in [1.82, 2.24) is 20.4 Å². The fourth-order valence-electron chi connectivity index (χ4n) is 3.13. The number of carbonyl (C=O) groups excluding carboxylic acids is 2. The first-order valence-corrected chi connectivity index (χ1v) is 8.86. The molecule has 1 aliphatic carbocycles. The number of hydrogen-bond donors (Lipinski definition) is 2. The first-order chi connectivity index (χ1) is 12.1. The topological polar surface area (TPSA) is 76.0 Å². The van der Waals surface area contributed by atoms with Gasteiger partial charge in [0.05, 0.1) is 5.69 Å². The van der Waals surface area contributed by atoms with Gasteiger partial charge >= 0.3 is 0 Å². The lowest BCUT2D eigenvalue weighted by molar-refractivity contribution is -0.122. The van der Waals surface area contributed by atoms with Gasteiger partial charge in [-0.1, -0.05) is 25.1 Å². The minimum atomic E-state index is -0.585. The first-order valence-electron chi connectivity index (χ1n) is 8.86. The third-order valence-corrected chi connectivity index (χ3v) is 4.44. The highest BCUT2D eigenvalue weighted by molar-refractivity contribution is 5.97. The highest BCUT2D eigenvalue weighted by atomic mass is 16.2. The maximum Gasteiger partial charge on any atom is 0.272 e. The van der Waals surface area contributed by atoms with Crippen LogP contribution in [0, 0.1) is 0 Å². The highest BCUT2D eigenvalue weighted by Gasteiger charge is 2.28. The molecule has 0 spiro atoms. The Morgan fingerprint density at radius 3 is 2.72 bits per heavy atom. The van der Waals surface area contributed by atoms with Gasteiger partial charge in [0.15, 0.2) is 5.69 Å². The van der Waals surface area contributed by atoms with Crippen molar-refractivity contribution in [3.05, 3.63) is 47.3 Å². The lowest BCUT2D eigenvalue weighted by Crippen LogP contribution is -2.45. The average molecular weight is 340 g/mol. The average Bonchev–Trinajstić information content (AvgIpc) is 3.22. The van der Waals surface area contributed by atoms with E-state index in [9.17, 15) is 9.59 Å². The van der Waals surface area contributed by atoms with E-state index in [-0.39, 0.29) is 11.8 Å². The number of benzene rings is 1. The molecule has 1 atom stereocenters. The van der Waals surface area contributed by atoms with Crippen LogP contribution in [0.3, 0.4) is 0 Å². The third-order valence-electron chi connectivity index (χ3n) is 4.44. The second-order valence-corrected chi connectivity index (χ2v) is 6.36. The van der Waals surface area contributed by atoms with Crippen molar-refractivity contribution in [2.45, 2.75) is 45.6 Å².